The molecule has 0 radical (unpaired) electrons. The molecule has 0 saturated heterocycles. The average Bonchev–Trinajstić information content (AvgIpc) is 2.69. The van der Waals surface area contributed by atoms with Crippen molar-refractivity contribution in [1.29, 1.82) is 5.26 Å². The van der Waals surface area contributed by atoms with Crippen molar-refractivity contribution < 1.29 is 0 Å². The lowest BCUT2D eigenvalue weighted by Gasteiger charge is -2.30. The van der Waals surface area contributed by atoms with Crippen molar-refractivity contribution >= 4 is 0 Å². The normalized spacial score (nSPS) is 20.2. The number of benzene rings is 2. The second-order valence-corrected chi connectivity index (χ2v) is 7.49. The topological polar surface area (TPSA) is 23.8 Å². The van der Waals surface area contributed by atoms with Crippen molar-refractivity contribution in [3.63, 3.8) is 0 Å². The minimum absolute atomic E-state index is 0.689. The Morgan fingerprint density at radius 1 is 0.920 bits per heavy atom. The Morgan fingerprint density at radius 2 is 1.64 bits per heavy atom. The van der Waals surface area contributed by atoms with Crippen molar-refractivity contribution in [2.75, 3.05) is 0 Å². The summed E-state index contributed by atoms with van der Waals surface area (Å²) in [4.78, 5) is 0. The highest BCUT2D eigenvalue weighted by Gasteiger charge is 2.23. The lowest BCUT2D eigenvalue weighted by Crippen LogP contribution is -2.14. The van der Waals surface area contributed by atoms with E-state index in [1.54, 1.807) is 0 Å². The number of unbranched alkanes of at least 4 members (excludes halogenated alkanes) is 2. The molecular formula is C24H29N. The van der Waals surface area contributed by atoms with E-state index in [1.807, 2.05) is 12.1 Å². The molecule has 1 nitrogen and oxygen atoms in total. The van der Waals surface area contributed by atoms with Gasteiger partial charge in [-0.25, -0.2) is 0 Å². The molecule has 0 spiro atoms. The molecule has 1 heteroatoms. The second-order valence-electron chi connectivity index (χ2n) is 7.49. The summed E-state index contributed by atoms with van der Waals surface area (Å²) in [6.45, 7) is 2.29. The highest BCUT2D eigenvalue weighted by Crippen LogP contribution is 2.41. The number of hydrogen-bond donors (Lipinski definition) is 0. The molecule has 0 unspecified atom stereocenters. The Labute approximate surface area is 152 Å². The van der Waals surface area contributed by atoms with E-state index in [0.717, 1.165) is 11.5 Å². The first-order valence-corrected chi connectivity index (χ1v) is 9.91. The molecule has 0 bridgehead atoms. The number of rotatable bonds is 6. The van der Waals surface area contributed by atoms with Gasteiger partial charge in [-0.2, -0.15) is 5.26 Å². The number of nitrogens with zero attached hydrogens (tertiary/aromatic N) is 1. The SMILES string of the molecule is CCCCCC1CCC(c2ccccc2-c2ccc(C#N)cc2)CC1. The minimum Gasteiger partial charge on any atom is -0.192 e. The van der Waals surface area contributed by atoms with Gasteiger partial charge in [0.1, 0.15) is 0 Å². The maximum atomic E-state index is 9.01. The molecule has 0 N–H and O–H groups in total. The van der Waals surface area contributed by atoms with Crippen LogP contribution in [0.5, 0.6) is 0 Å². The molecule has 1 saturated carbocycles. The lowest BCUT2D eigenvalue weighted by atomic mass is 9.75. The second kappa shape index (κ2) is 8.86. The van der Waals surface area contributed by atoms with Crippen LogP contribution in [0.15, 0.2) is 48.5 Å². The van der Waals surface area contributed by atoms with E-state index >= 15 is 0 Å². The molecule has 3 rings (SSSR count). The third-order valence-electron chi connectivity index (χ3n) is 5.79. The van der Waals surface area contributed by atoms with Gasteiger partial charge in [0.15, 0.2) is 0 Å². The molecule has 1 aliphatic rings. The fourth-order valence-electron chi connectivity index (χ4n) is 4.29. The van der Waals surface area contributed by atoms with Crippen molar-refractivity contribution in [3.05, 3.63) is 59.7 Å². The van der Waals surface area contributed by atoms with Gasteiger partial charge in [-0.3, -0.25) is 0 Å². The summed E-state index contributed by atoms with van der Waals surface area (Å²) < 4.78 is 0. The summed E-state index contributed by atoms with van der Waals surface area (Å²) in [5, 5.41) is 9.01. The van der Waals surface area contributed by atoms with Crippen LogP contribution in [-0.2, 0) is 0 Å². The van der Waals surface area contributed by atoms with Gasteiger partial charge in [-0.05, 0) is 66.3 Å². The Kier molecular flexibility index (Phi) is 6.29. The first-order chi connectivity index (χ1) is 12.3. The van der Waals surface area contributed by atoms with Gasteiger partial charge in [0.05, 0.1) is 11.6 Å². The summed E-state index contributed by atoms with van der Waals surface area (Å²) >= 11 is 0. The maximum absolute atomic E-state index is 9.01. The molecule has 1 aliphatic carbocycles. The molecule has 25 heavy (non-hydrogen) atoms. The van der Waals surface area contributed by atoms with Crippen molar-refractivity contribution in [2.24, 2.45) is 5.92 Å². The first-order valence-electron chi connectivity index (χ1n) is 9.91. The molecular weight excluding hydrogens is 302 g/mol. The molecule has 2 aromatic rings. The van der Waals surface area contributed by atoms with E-state index in [-0.39, 0.29) is 0 Å². The van der Waals surface area contributed by atoms with E-state index in [0.29, 0.717) is 5.92 Å². The van der Waals surface area contributed by atoms with Crippen LogP contribution in [0.4, 0.5) is 0 Å². The van der Waals surface area contributed by atoms with Crippen LogP contribution in [-0.4, -0.2) is 0 Å². The summed E-state index contributed by atoms with van der Waals surface area (Å²) in [5.74, 6) is 1.64. The van der Waals surface area contributed by atoms with Gasteiger partial charge in [0.2, 0.25) is 0 Å². The highest BCUT2D eigenvalue weighted by atomic mass is 14.3. The van der Waals surface area contributed by atoms with E-state index in [9.17, 15) is 0 Å². The molecule has 0 amide bonds. The van der Waals surface area contributed by atoms with Gasteiger partial charge >= 0.3 is 0 Å². The van der Waals surface area contributed by atoms with Crippen LogP contribution < -0.4 is 0 Å². The molecule has 1 fully saturated rings. The Hall–Kier alpha value is -2.07. The zero-order chi connectivity index (χ0) is 17.5. The van der Waals surface area contributed by atoms with Crippen molar-refractivity contribution in [3.8, 4) is 17.2 Å². The summed E-state index contributed by atoms with van der Waals surface area (Å²) in [6.07, 6.45) is 11.0. The smallest absolute Gasteiger partial charge is 0.0991 e. The Morgan fingerprint density at radius 3 is 2.32 bits per heavy atom. The number of hydrogen-bond acceptors (Lipinski definition) is 1. The zero-order valence-electron chi connectivity index (χ0n) is 15.4. The number of nitriles is 1. The predicted molar refractivity (Wildman–Crippen MR) is 105 cm³/mol. The average molecular weight is 332 g/mol. The third kappa shape index (κ3) is 4.51. The van der Waals surface area contributed by atoms with E-state index in [4.69, 9.17) is 5.26 Å². The minimum atomic E-state index is 0.689. The Balaban J connectivity index is 1.70. The van der Waals surface area contributed by atoms with Crippen LogP contribution in [0.25, 0.3) is 11.1 Å². The third-order valence-corrected chi connectivity index (χ3v) is 5.79. The van der Waals surface area contributed by atoms with Crippen LogP contribution in [0.2, 0.25) is 0 Å². The van der Waals surface area contributed by atoms with Crippen molar-refractivity contribution in [1.82, 2.24) is 0 Å². The van der Waals surface area contributed by atoms with Gasteiger partial charge in [-0.15, -0.1) is 0 Å². The van der Waals surface area contributed by atoms with Gasteiger partial charge in [-0.1, -0.05) is 69.0 Å². The van der Waals surface area contributed by atoms with Gasteiger partial charge in [0, 0.05) is 0 Å². The summed E-state index contributed by atoms with van der Waals surface area (Å²) in [7, 11) is 0. The van der Waals surface area contributed by atoms with Gasteiger partial charge < -0.3 is 0 Å². The first kappa shape index (κ1) is 17.7. The monoisotopic (exact) mass is 331 g/mol. The molecule has 0 atom stereocenters. The molecule has 0 aromatic heterocycles. The van der Waals surface area contributed by atoms with Crippen LogP contribution >= 0.6 is 0 Å². The Bertz CT molecular complexity index is 700. The molecule has 0 heterocycles. The molecule has 2 aromatic carbocycles. The predicted octanol–water partition coefficient (Wildman–Crippen LogP) is 7.08. The van der Waals surface area contributed by atoms with Gasteiger partial charge in [0.25, 0.3) is 0 Å². The highest BCUT2D eigenvalue weighted by molar-refractivity contribution is 5.68. The van der Waals surface area contributed by atoms with Crippen LogP contribution in [0, 0.1) is 17.2 Å². The molecule has 130 valence electrons. The standard InChI is InChI=1S/C24H29N/c1-2-3-4-7-19-10-14-21(15-11-19)23-8-5-6-9-24(23)22-16-12-20(18-25)13-17-22/h5-6,8-9,12-13,16-17,19,21H,2-4,7,10-11,14-15H2,1H3. The summed E-state index contributed by atoms with van der Waals surface area (Å²) in [6, 6.07) is 19.1. The fourth-order valence-corrected chi connectivity index (χ4v) is 4.29. The van der Waals surface area contributed by atoms with E-state index in [1.165, 1.54) is 68.1 Å². The van der Waals surface area contributed by atoms with E-state index in [2.05, 4.69) is 49.4 Å². The largest absolute Gasteiger partial charge is 0.192 e. The van der Waals surface area contributed by atoms with Crippen molar-refractivity contribution in [2.45, 2.75) is 64.2 Å². The van der Waals surface area contributed by atoms with Crippen LogP contribution in [0.3, 0.4) is 0 Å². The maximum Gasteiger partial charge on any atom is 0.0991 e. The van der Waals surface area contributed by atoms with E-state index < -0.39 is 0 Å². The lowest BCUT2D eigenvalue weighted by molar-refractivity contribution is 0.303. The quantitative estimate of drug-likeness (QED) is 0.519. The molecule has 0 aliphatic heterocycles. The van der Waals surface area contributed by atoms with Crippen LogP contribution in [0.1, 0.15) is 75.3 Å². The summed E-state index contributed by atoms with van der Waals surface area (Å²) in [5.41, 5.74) is 4.81. The zero-order valence-corrected chi connectivity index (χ0v) is 15.4. The fraction of sp³-hybridized carbons (Fsp3) is 0.458.